The molecule has 0 aliphatic rings. The standard InChI is InChI=1S/C16H17ClN2O3S/c1-2-15(16(20)18-13-6-4-3-5-7-13)19-23(21,22)14-10-8-12(17)9-11-14/h3-11,15,19H,2H2,1H3,(H,18,20). The quantitative estimate of drug-likeness (QED) is 0.839. The summed E-state index contributed by atoms with van der Waals surface area (Å²) in [4.78, 5) is 12.3. The predicted octanol–water partition coefficient (Wildman–Crippen LogP) is 3.04. The van der Waals surface area contributed by atoms with Gasteiger partial charge in [-0.3, -0.25) is 4.79 Å². The third kappa shape index (κ3) is 4.79. The van der Waals surface area contributed by atoms with Gasteiger partial charge in [-0.05, 0) is 42.8 Å². The Bertz CT molecular complexity index is 762. The van der Waals surface area contributed by atoms with E-state index in [-0.39, 0.29) is 4.90 Å². The Balaban J connectivity index is 2.11. The molecule has 0 heterocycles. The average Bonchev–Trinajstić information content (AvgIpc) is 2.54. The molecule has 0 fully saturated rings. The smallest absolute Gasteiger partial charge is 0.242 e. The van der Waals surface area contributed by atoms with E-state index in [0.29, 0.717) is 17.1 Å². The molecule has 0 saturated heterocycles. The van der Waals surface area contributed by atoms with Gasteiger partial charge in [0, 0.05) is 10.7 Å². The van der Waals surface area contributed by atoms with E-state index in [1.807, 2.05) is 6.07 Å². The lowest BCUT2D eigenvalue weighted by atomic mass is 10.2. The normalized spacial score (nSPS) is 12.6. The molecule has 0 aromatic heterocycles. The number of rotatable bonds is 6. The second-order valence-electron chi connectivity index (χ2n) is 4.89. The molecule has 122 valence electrons. The van der Waals surface area contributed by atoms with Crippen molar-refractivity contribution in [3.63, 3.8) is 0 Å². The van der Waals surface area contributed by atoms with Crippen LogP contribution in [-0.4, -0.2) is 20.4 Å². The number of hydrogen-bond acceptors (Lipinski definition) is 3. The van der Waals surface area contributed by atoms with Crippen molar-refractivity contribution in [3.8, 4) is 0 Å². The summed E-state index contributed by atoms with van der Waals surface area (Å²) in [6.07, 6.45) is 0.325. The number of hydrogen-bond donors (Lipinski definition) is 2. The van der Waals surface area contributed by atoms with Crippen molar-refractivity contribution in [2.45, 2.75) is 24.3 Å². The number of carbonyl (C=O) groups is 1. The Morgan fingerprint density at radius 2 is 1.70 bits per heavy atom. The molecule has 2 rings (SSSR count). The van der Waals surface area contributed by atoms with Gasteiger partial charge in [0.05, 0.1) is 4.90 Å². The molecule has 0 saturated carbocycles. The van der Waals surface area contributed by atoms with E-state index in [0.717, 1.165) is 0 Å². The number of para-hydroxylation sites is 1. The lowest BCUT2D eigenvalue weighted by Gasteiger charge is -2.17. The second-order valence-corrected chi connectivity index (χ2v) is 7.04. The number of halogens is 1. The molecule has 0 radical (unpaired) electrons. The maximum absolute atomic E-state index is 12.3. The van der Waals surface area contributed by atoms with Gasteiger partial charge in [0.1, 0.15) is 6.04 Å². The molecule has 0 bridgehead atoms. The highest BCUT2D eigenvalue weighted by molar-refractivity contribution is 7.89. The van der Waals surface area contributed by atoms with Crippen LogP contribution < -0.4 is 10.0 Å². The van der Waals surface area contributed by atoms with Gasteiger partial charge in [0.2, 0.25) is 15.9 Å². The number of sulfonamides is 1. The van der Waals surface area contributed by atoms with Crippen LogP contribution in [0.5, 0.6) is 0 Å². The summed E-state index contributed by atoms with van der Waals surface area (Å²) >= 11 is 5.76. The molecule has 2 aromatic carbocycles. The first-order chi connectivity index (χ1) is 10.9. The molecule has 2 N–H and O–H groups in total. The van der Waals surface area contributed by atoms with Crippen molar-refractivity contribution in [3.05, 3.63) is 59.6 Å². The average molecular weight is 353 g/mol. The van der Waals surface area contributed by atoms with Gasteiger partial charge in [-0.15, -0.1) is 0 Å². The lowest BCUT2D eigenvalue weighted by Crippen LogP contribution is -2.43. The Morgan fingerprint density at radius 1 is 1.09 bits per heavy atom. The van der Waals surface area contributed by atoms with Crippen LogP contribution >= 0.6 is 11.6 Å². The summed E-state index contributed by atoms with van der Waals surface area (Å²) in [5, 5.41) is 3.13. The van der Waals surface area contributed by atoms with E-state index in [1.54, 1.807) is 31.2 Å². The van der Waals surface area contributed by atoms with Crippen LogP contribution in [0.2, 0.25) is 5.02 Å². The summed E-state index contributed by atoms with van der Waals surface area (Å²) in [6, 6.07) is 13.8. The van der Waals surface area contributed by atoms with Crippen molar-refractivity contribution >= 4 is 33.2 Å². The molecular weight excluding hydrogens is 336 g/mol. The van der Waals surface area contributed by atoms with Gasteiger partial charge in [0.15, 0.2) is 0 Å². The van der Waals surface area contributed by atoms with Crippen LogP contribution in [0, 0.1) is 0 Å². The van der Waals surface area contributed by atoms with Gasteiger partial charge in [-0.1, -0.05) is 36.7 Å². The Hall–Kier alpha value is -1.89. The van der Waals surface area contributed by atoms with Crippen LogP contribution in [0.15, 0.2) is 59.5 Å². The molecule has 1 atom stereocenters. The first-order valence-corrected chi connectivity index (χ1v) is 8.92. The zero-order valence-electron chi connectivity index (χ0n) is 12.5. The molecule has 7 heteroatoms. The predicted molar refractivity (Wildman–Crippen MR) is 90.9 cm³/mol. The molecule has 0 aliphatic heterocycles. The first kappa shape index (κ1) is 17.5. The van der Waals surface area contributed by atoms with Gasteiger partial charge in [0.25, 0.3) is 0 Å². The van der Waals surface area contributed by atoms with Gasteiger partial charge < -0.3 is 5.32 Å². The topological polar surface area (TPSA) is 75.3 Å². The van der Waals surface area contributed by atoms with Gasteiger partial charge in [-0.2, -0.15) is 4.72 Å². The third-order valence-corrected chi connectivity index (χ3v) is 4.93. The minimum Gasteiger partial charge on any atom is -0.325 e. The largest absolute Gasteiger partial charge is 0.325 e. The summed E-state index contributed by atoms with van der Waals surface area (Å²) in [5.74, 6) is -0.406. The van der Waals surface area contributed by atoms with Crippen LogP contribution in [0.25, 0.3) is 0 Å². The van der Waals surface area contributed by atoms with E-state index >= 15 is 0 Å². The third-order valence-electron chi connectivity index (χ3n) is 3.19. The SMILES string of the molecule is CCC(NS(=O)(=O)c1ccc(Cl)cc1)C(=O)Nc1ccccc1. The molecular formula is C16H17ClN2O3S. The number of benzene rings is 2. The van der Waals surface area contributed by atoms with Crippen LogP contribution in [0.1, 0.15) is 13.3 Å². The Labute approximate surface area is 140 Å². The number of anilines is 1. The maximum atomic E-state index is 12.3. The van der Waals surface area contributed by atoms with E-state index in [4.69, 9.17) is 11.6 Å². The highest BCUT2D eigenvalue weighted by Crippen LogP contribution is 2.15. The molecule has 0 spiro atoms. The molecule has 0 aliphatic carbocycles. The Morgan fingerprint density at radius 3 is 2.26 bits per heavy atom. The second kappa shape index (κ2) is 7.59. The van der Waals surface area contributed by atoms with Crippen molar-refractivity contribution in [1.82, 2.24) is 4.72 Å². The van der Waals surface area contributed by atoms with Crippen molar-refractivity contribution in [2.75, 3.05) is 5.32 Å². The minimum atomic E-state index is -3.80. The van der Waals surface area contributed by atoms with Gasteiger partial charge >= 0.3 is 0 Å². The first-order valence-electron chi connectivity index (χ1n) is 7.06. The van der Waals surface area contributed by atoms with E-state index in [1.165, 1.54) is 24.3 Å². The fourth-order valence-electron chi connectivity index (χ4n) is 1.94. The summed E-state index contributed by atoms with van der Waals surface area (Å²) < 4.78 is 27.1. The van der Waals surface area contributed by atoms with Crippen LogP contribution in [-0.2, 0) is 14.8 Å². The van der Waals surface area contributed by atoms with Crippen molar-refractivity contribution in [1.29, 1.82) is 0 Å². The van der Waals surface area contributed by atoms with E-state index < -0.39 is 22.0 Å². The molecule has 2 aromatic rings. The Kier molecular flexibility index (Phi) is 5.76. The maximum Gasteiger partial charge on any atom is 0.242 e. The van der Waals surface area contributed by atoms with E-state index in [2.05, 4.69) is 10.0 Å². The molecule has 5 nitrogen and oxygen atoms in total. The highest BCUT2D eigenvalue weighted by atomic mass is 35.5. The van der Waals surface area contributed by atoms with Crippen molar-refractivity contribution in [2.24, 2.45) is 0 Å². The van der Waals surface area contributed by atoms with Gasteiger partial charge in [-0.25, -0.2) is 8.42 Å². The molecule has 23 heavy (non-hydrogen) atoms. The van der Waals surface area contributed by atoms with Crippen molar-refractivity contribution < 1.29 is 13.2 Å². The molecule has 1 amide bonds. The zero-order valence-corrected chi connectivity index (χ0v) is 14.1. The minimum absolute atomic E-state index is 0.0628. The molecule has 1 unspecified atom stereocenters. The monoisotopic (exact) mass is 352 g/mol. The van der Waals surface area contributed by atoms with Crippen LogP contribution in [0.4, 0.5) is 5.69 Å². The fourth-order valence-corrected chi connectivity index (χ4v) is 3.35. The number of carbonyl (C=O) groups excluding carboxylic acids is 1. The number of amides is 1. The summed E-state index contributed by atoms with van der Waals surface area (Å²) in [5.41, 5.74) is 0.613. The zero-order chi connectivity index (χ0) is 16.9. The van der Waals surface area contributed by atoms with Crippen LogP contribution in [0.3, 0.4) is 0 Å². The fraction of sp³-hybridized carbons (Fsp3) is 0.188. The summed E-state index contributed by atoms with van der Waals surface area (Å²) in [6.45, 7) is 1.74. The highest BCUT2D eigenvalue weighted by Gasteiger charge is 2.24. The lowest BCUT2D eigenvalue weighted by molar-refractivity contribution is -0.117. The summed E-state index contributed by atoms with van der Waals surface area (Å²) in [7, 11) is -3.80. The van der Waals surface area contributed by atoms with E-state index in [9.17, 15) is 13.2 Å². The number of nitrogens with one attached hydrogen (secondary N) is 2.